The minimum Gasteiger partial charge on any atom is -0.494 e. The molecule has 0 spiro atoms. The zero-order valence-electron chi connectivity index (χ0n) is 15.9. The van der Waals surface area contributed by atoms with Crippen molar-refractivity contribution in [2.45, 2.75) is 11.8 Å². The molecule has 2 heterocycles. The first kappa shape index (κ1) is 20.1. The summed E-state index contributed by atoms with van der Waals surface area (Å²) in [4.78, 5) is 18.4. The number of carbonyl (C=O) groups is 1. The molecule has 0 bridgehead atoms. The average Bonchev–Trinajstić information content (AvgIpc) is 2.74. The number of carbonyl (C=O) groups excluding carboxylic acids is 1. The highest BCUT2D eigenvalue weighted by Gasteiger charge is 2.30. The number of benzene rings is 1. The van der Waals surface area contributed by atoms with Crippen LogP contribution in [-0.2, 0) is 14.8 Å². The lowest BCUT2D eigenvalue weighted by molar-refractivity contribution is 0.0601. The Hall–Kier alpha value is -2.65. The van der Waals surface area contributed by atoms with Crippen LogP contribution in [0.2, 0.25) is 0 Å². The van der Waals surface area contributed by atoms with Crippen LogP contribution in [0.5, 0.6) is 5.75 Å². The molecular formula is C19H23N3O5S. The van der Waals surface area contributed by atoms with Gasteiger partial charge in [-0.25, -0.2) is 18.2 Å². The van der Waals surface area contributed by atoms with Gasteiger partial charge >= 0.3 is 5.97 Å². The zero-order valence-corrected chi connectivity index (χ0v) is 16.7. The van der Waals surface area contributed by atoms with E-state index in [-0.39, 0.29) is 4.90 Å². The van der Waals surface area contributed by atoms with Crippen LogP contribution in [0, 0.1) is 0 Å². The highest BCUT2D eigenvalue weighted by atomic mass is 32.2. The summed E-state index contributed by atoms with van der Waals surface area (Å²) in [6.07, 6.45) is 1.60. The Morgan fingerprint density at radius 2 is 1.79 bits per heavy atom. The van der Waals surface area contributed by atoms with E-state index in [2.05, 4.69) is 4.98 Å². The van der Waals surface area contributed by atoms with Crippen LogP contribution >= 0.6 is 0 Å². The zero-order chi connectivity index (χ0) is 20.1. The summed E-state index contributed by atoms with van der Waals surface area (Å²) in [7, 11) is -2.27. The Balaban J connectivity index is 1.72. The third kappa shape index (κ3) is 4.10. The number of nitrogens with zero attached hydrogens (tertiary/aromatic N) is 3. The maximum atomic E-state index is 12.9. The largest absolute Gasteiger partial charge is 0.494 e. The van der Waals surface area contributed by atoms with E-state index in [1.54, 1.807) is 42.6 Å². The predicted molar refractivity (Wildman–Crippen MR) is 104 cm³/mol. The quantitative estimate of drug-likeness (QED) is 0.677. The number of piperazine rings is 1. The van der Waals surface area contributed by atoms with Gasteiger partial charge in [0.15, 0.2) is 0 Å². The number of anilines is 1. The molecule has 1 fully saturated rings. The van der Waals surface area contributed by atoms with Crippen molar-refractivity contribution in [3.63, 3.8) is 0 Å². The van der Waals surface area contributed by atoms with E-state index in [9.17, 15) is 13.2 Å². The highest BCUT2D eigenvalue weighted by molar-refractivity contribution is 7.89. The van der Waals surface area contributed by atoms with E-state index in [0.29, 0.717) is 49.9 Å². The van der Waals surface area contributed by atoms with Crippen molar-refractivity contribution in [3.8, 4) is 5.75 Å². The first-order valence-electron chi connectivity index (χ1n) is 8.98. The molecule has 0 unspecified atom stereocenters. The fourth-order valence-electron chi connectivity index (χ4n) is 3.08. The van der Waals surface area contributed by atoms with Gasteiger partial charge in [-0.05, 0) is 43.3 Å². The molecule has 0 aliphatic carbocycles. The van der Waals surface area contributed by atoms with Gasteiger partial charge in [0.05, 0.1) is 18.6 Å². The summed E-state index contributed by atoms with van der Waals surface area (Å²) in [5.41, 5.74) is 0.368. The Morgan fingerprint density at radius 3 is 2.39 bits per heavy atom. The number of hydrogen-bond donors (Lipinski definition) is 0. The van der Waals surface area contributed by atoms with Crippen molar-refractivity contribution >= 4 is 21.8 Å². The molecule has 1 aromatic heterocycles. The van der Waals surface area contributed by atoms with Crippen molar-refractivity contribution in [3.05, 3.63) is 48.2 Å². The lowest BCUT2D eigenvalue weighted by Gasteiger charge is -2.35. The van der Waals surface area contributed by atoms with E-state index in [4.69, 9.17) is 9.47 Å². The van der Waals surface area contributed by atoms with Gasteiger partial charge < -0.3 is 14.4 Å². The number of sulfonamides is 1. The van der Waals surface area contributed by atoms with Gasteiger partial charge in [0.2, 0.25) is 10.0 Å². The van der Waals surface area contributed by atoms with Gasteiger partial charge in [-0.2, -0.15) is 4.31 Å². The molecule has 1 aliphatic rings. The minimum atomic E-state index is -3.59. The van der Waals surface area contributed by atoms with Gasteiger partial charge in [0.25, 0.3) is 0 Å². The van der Waals surface area contributed by atoms with Gasteiger partial charge in [-0.3, -0.25) is 0 Å². The SMILES string of the molecule is CCOc1ccc(S(=O)(=O)N2CCN(c3ncccc3C(=O)OC)CC2)cc1. The highest BCUT2D eigenvalue weighted by Crippen LogP contribution is 2.24. The maximum Gasteiger partial charge on any atom is 0.341 e. The minimum absolute atomic E-state index is 0.234. The second-order valence-electron chi connectivity index (χ2n) is 6.16. The van der Waals surface area contributed by atoms with Gasteiger partial charge in [-0.15, -0.1) is 0 Å². The molecule has 0 saturated carbocycles. The molecule has 1 aliphatic heterocycles. The lowest BCUT2D eigenvalue weighted by Crippen LogP contribution is -2.49. The summed E-state index contributed by atoms with van der Waals surface area (Å²) >= 11 is 0. The molecular weight excluding hydrogens is 382 g/mol. The molecule has 8 nitrogen and oxygen atoms in total. The van der Waals surface area contributed by atoms with Crippen molar-refractivity contribution < 1.29 is 22.7 Å². The maximum absolute atomic E-state index is 12.9. The molecule has 9 heteroatoms. The Labute approximate surface area is 164 Å². The van der Waals surface area contributed by atoms with E-state index in [1.165, 1.54) is 11.4 Å². The van der Waals surface area contributed by atoms with Crippen LogP contribution in [0.15, 0.2) is 47.5 Å². The van der Waals surface area contributed by atoms with Crippen LogP contribution < -0.4 is 9.64 Å². The number of hydrogen-bond acceptors (Lipinski definition) is 7. The summed E-state index contributed by atoms with van der Waals surface area (Å²) in [6.45, 7) is 3.85. The van der Waals surface area contributed by atoms with Crippen molar-refractivity contribution in [1.29, 1.82) is 0 Å². The van der Waals surface area contributed by atoms with Crippen LogP contribution in [0.25, 0.3) is 0 Å². The number of rotatable bonds is 6. The fourth-order valence-corrected chi connectivity index (χ4v) is 4.50. The van der Waals surface area contributed by atoms with Gasteiger partial charge in [0, 0.05) is 32.4 Å². The summed E-state index contributed by atoms with van der Waals surface area (Å²) in [5.74, 6) is 0.678. The summed E-state index contributed by atoms with van der Waals surface area (Å²) in [6, 6.07) is 9.74. The second kappa shape index (κ2) is 8.57. The molecule has 0 radical (unpaired) electrons. The fraction of sp³-hybridized carbons (Fsp3) is 0.368. The van der Waals surface area contributed by atoms with Gasteiger partial charge in [0.1, 0.15) is 17.1 Å². The van der Waals surface area contributed by atoms with Crippen molar-refractivity contribution in [1.82, 2.24) is 9.29 Å². The molecule has 2 aromatic rings. The summed E-state index contributed by atoms with van der Waals surface area (Å²) in [5, 5.41) is 0. The molecule has 0 N–H and O–H groups in total. The number of esters is 1. The smallest absolute Gasteiger partial charge is 0.341 e. The van der Waals surface area contributed by atoms with E-state index >= 15 is 0 Å². The van der Waals surface area contributed by atoms with E-state index in [1.807, 2.05) is 11.8 Å². The van der Waals surface area contributed by atoms with Crippen LogP contribution in [0.1, 0.15) is 17.3 Å². The second-order valence-corrected chi connectivity index (χ2v) is 8.10. The topological polar surface area (TPSA) is 89.0 Å². The molecule has 150 valence electrons. The standard InChI is InChI=1S/C19H23N3O5S/c1-3-27-15-6-8-16(9-7-15)28(24,25)22-13-11-21(12-14-22)18-17(19(23)26-2)5-4-10-20-18/h4-10H,3,11-14H2,1-2H3. The number of ether oxygens (including phenoxy) is 2. The van der Waals surface area contributed by atoms with Crippen LogP contribution in [0.4, 0.5) is 5.82 Å². The van der Waals surface area contributed by atoms with Crippen molar-refractivity contribution in [2.75, 3.05) is 44.8 Å². The number of pyridine rings is 1. The Kier molecular flexibility index (Phi) is 6.15. The molecule has 1 saturated heterocycles. The molecule has 1 aromatic carbocycles. The van der Waals surface area contributed by atoms with Gasteiger partial charge in [-0.1, -0.05) is 0 Å². The average molecular weight is 405 g/mol. The van der Waals surface area contributed by atoms with Crippen LogP contribution in [0.3, 0.4) is 0 Å². The first-order chi connectivity index (χ1) is 13.5. The third-order valence-electron chi connectivity index (χ3n) is 4.50. The molecule has 0 amide bonds. The molecule has 28 heavy (non-hydrogen) atoms. The number of aromatic nitrogens is 1. The Bertz CT molecular complexity index is 923. The normalized spacial score (nSPS) is 15.3. The summed E-state index contributed by atoms with van der Waals surface area (Å²) < 4.78 is 37.4. The van der Waals surface area contributed by atoms with E-state index < -0.39 is 16.0 Å². The predicted octanol–water partition coefficient (Wildman–Crippen LogP) is 1.78. The molecule has 0 atom stereocenters. The lowest BCUT2D eigenvalue weighted by atomic mass is 10.2. The van der Waals surface area contributed by atoms with E-state index in [0.717, 1.165) is 0 Å². The monoisotopic (exact) mass is 405 g/mol. The first-order valence-corrected chi connectivity index (χ1v) is 10.4. The third-order valence-corrected chi connectivity index (χ3v) is 6.42. The number of methoxy groups -OCH3 is 1. The van der Waals surface area contributed by atoms with Crippen molar-refractivity contribution in [2.24, 2.45) is 0 Å². The Morgan fingerprint density at radius 1 is 1.11 bits per heavy atom. The molecule has 3 rings (SSSR count). The van der Waals surface area contributed by atoms with Crippen LogP contribution in [-0.4, -0.2) is 63.6 Å².